The molecule has 1 amide bonds. The van der Waals surface area contributed by atoms with E-state index >= 15 is 0 Å². The van der Waals surface area contributed by atoms with Crippen molar-refractivity contribution < 1.29 is 9.18 Å². The Kier molecular flexibility index (Phi) is 5.33. The van der Waals surface area contributed by atoms with E-state index < -0.39 is 5.82 Å². The van der Waals surface area contributed by atoms with E-state index in [4.69, 9.17) is 0 Å². The van der Waals surface area contributed by atoms with Crippen molar-refractivity contribution in [1.29, 1.82) is 0 Å². The zero-order chi connectivity index (χ0) is 15.2. The summed E-state index contributed by atoms with van der Waals surface area (Å²) < 4.78 is 14.3. The lowest BCUT2D eigenvalue weighted by molar-refractivity contribution is -0.114. The standard InChI is InChI=1S/C16H16BrFN2O/c1-2-11-5-3-4-6-14(11)20-16(21)10-19-15-8-7-12(17)9-13(15)18/h3-9,19H,2,10H2,1H3,(H,20,21). The minimum absolute atomic E-state index is 0.0105. The molecule has 2 aromatic rings. The molecule has 2 N–H and O–H groups in total. The fraction of sp³-hybridized carbons (Fsp3) is 0.188. The van der Waals surface area contributed by atoms with Crippen molar-refractivity contribution in [3.05, 3.63) is 58.3 Å². The third-order valence-electron chi connectivity index (χ3n) is 3.04. The summed E-state index contributed by atoms with van der Waals surface area (Å²) in [5.41, 5.74) is 2.17. The predicted octanol–water partition coefficient (Wildman–Crippen LogP) is 4.20. The summed E-state index contributed by atoms with van der Waals surface area (Å²) in [6, 6.07) is 12.3. The molecule has 0 atom stereocenters. The number of hydrogen-bond donors (Lipinski definition) is 2. The highest BCUT2D eigenvalue weighted by molar-refractivity contribution is 9.10. The van der Waals surface area contributed by atoms with Gasteiger partial charge in [0.25, 0.3) is 0 Å². The predicted molar refractivity (Wildman–Crippen MR) is 87.0 cm³/mol. The van der Waals surface area contributed by atoms with E-state index in [-0.39, 0.29) is 12.5 Å². The van der Waals surface area contributed by atoms with Gasteiger partial charge in [-0.05, 0) is 36.2 Å². The molecule has 0 unspecified atom stereocenters. The van der Waals surface area contributed by atoms with Crippen LogP contribution in [0.4, 0.5) is 15.8 Å². The first kappa shape index (κ1) is 15.5. The lowest BCUT2D eigenvalue weighted by atomic mass is 10.1. The fourth-order valence-corrected chi connectivity index (χ4v) is 2.29. The van der Waals surface area contributed by atoms with Crippen molar-refractivity contribution >= 4 is 33.2 Å². The van der Waals surface area contributed by atoms with Crippen LogP contribution in [0.1, 0.15) is 12.5 Å². The average Bonchev–Trinajstić information content (AvgIpc) is 2.47. The quantitative estimate of drug-likeness (QED) is 0.848. The summed E-state index contributed by atoms with van der Waals surface area (Å²) in [6.07, 6.45) is 0.839. The van der Waals surface area contributed by atoms with Crippen LogP contribution in [0.15, 0.2) is 46.9 Å². The molecular formula is C16H16BrFN2O. The van der Waals surface area contributed by atoms with Gasteiger partial charge < -0.3 is 10.6 Å². The van der Waals surface area contributed by atoms with Crippen molar-refractivity contribution in [2.75, 3.05) is 17.2 Å². The van der Waals surface area contributed by atoms with Crippen molar-refractivity contribution in [1.82, 2.24) is 0 Å². The number of nitrogens with one attached hydrogen (secondary N) is 2. The molecule has 2 rings (SSSR count). The van der Waals surface area contributed by atoms with Gasteiger partial charge in [0.2, 0.25) is 5.91 Å². The summed E-state index contributed by atoms with van der Waals surface area (Å²) in [5.74, 6) is -0.607. The van der Waals surface area contributed by atoms with Gasteiger partial charge in [0.15, 0.2) is 0 Å². The fourth-order valence-electron chi connectivity index (χ4n) is 1.95. The number of aryl methyl sites for hydroxylation is 1. The minimum Gasteiger partial charge on any atom is -0.374 e. The number of benzene rings is 2. The van der Waals surface area contributed by atoms with Gasteiger partial charge in [-0.3, -0.25) is 4.79 Å². The highest BCUT2D eigenvalue weighted by Crippen LogP contribution is 2.19. The summed E-state index contributed by atoms with van der Waals surface area (Å²) in [7, 11) is 0. The number of halogens is 2. The Morgan fingerprint density at radius 2 is 1.95 bits per heavy atom. The Labute approximate surface area is 131 Å². The van der Waals surface area contributed by atoms with Crippen LogP contribution in [0.25, 0.3) is 0 Å². The van der Waals surface area contributed by atoms with Gasteiger partial charge in [-0.2, -0.15) is 0 Å². The van der Waals surface area contributed by atoms with Crippen LogP contribution < -0.4 is 10.6 Å². The Morgan fingerprint density at radius 3 is 2.67 bits per heavy atom. The lowest BCUT2D eigenvalue weighted by Gasteiger charge is -2.11. The topological polar surface area (TPSA) is 41.1 Å². The van der Waals surface area contributed by atoms with Crippen LogP contribution in [-0.2, 0) is 11.2 Å². The molecule has 3 nitrogen and oxygen atoms in total. The Balaban J connectivity index is 1.96. The van der Waals surface area contributed by atoms with Crippen molar-refractivity contribution in [2.24, 2.45) is 0 Å². The smallest absolute Gasteiger partial charge is 0.243 e. The van der Waals surface area contributed by atoms with Crippen LogP contribution in [0.2, 0.25) is 0 Å². The van der Waals surface area contributed by atoms with E-state index in [0.717, 1.165) is 17.7 Å². The van der Waals surface area contributed by atoms with E-state index in [9.17, 15) is 9.18 Å². The number of carbonyl (C=O) groups excluding carboxylic acids is 1. The molecule has 5 heteroatoms. The first-order chi connectivity index (χ1) is 10.1. The number of anilines is 2. The molecule has 0 saturated heterocycles. The molecule has 0 saturated carbocycles. The maximum Gasteiger partial charge on any atom is 0.243 e. The monoisotopic (exact) mass is 350 g/mol. The molecule has 0 aromatic heterocycles. The highest BCUT2D eigenvalue weighted by Gasteiger charge is 2.07. The lowest BCUT2D eigenvalue weighted by Crippen LogP contribution is -2.22. The first-order valence-corrected chi connectivity index (χ1v) is 7.46. The molecule has 0 fully saturated rings. The van der Waals surface area contributed by atoms with Crippen LogP contribution in [0.5, 0.6) is 0 Å². The number of carbonyl (C=O) groups is 1. The van der Waals surface area contributed by atoms with Crippen LogP contribution in [0.3, 0.4) is 0 Å². The first-order valence-electron chi connectivity index (χ1n) is 6.67. The molecule has 0 radical (unpaired) electrons. The van der Waals surface area contributed by atoms with E-state index in [1.165, 1.54) is 6.07 Å². The molecule has 0 heterocycles. The van der Waals surface area contributed by atoms with Gasteiger partial charge in [0.1, 0.15) is 5.82 Å². The van der Waals surface area contributed by atoms with Gasteiger partial charge in [0.05, 0.1) is 12.2 Å². The molecule has 2 aromatic carbocycles. The van der Waals surface area contributed by atoms with Crippen LogP contribution in [-0.4, -0.2) is 12.5 Å². The van der Waals surface area contributed by atoms with Gasteiger partial charge >= 0.3 is 0 Å². The third kappa shape index (κ3) is 4.29. The second kappa shape index (κ2) is 7.22. The second-order valence-corrected chi connectivity index (χ2v) is 5.45. The molecule has 0 bridgehead atoms. The molecule has 0 aliphatic rings. The molecule has 110 valence electrons. The van der Waals surface area contributed by atoms with Crippen molar-refractivity contribution in [3.8, 4) is 0 Å². The molecule has 0 spiro atoms. The third-order valence-corrected chi connectivity index (χ3v) is 3.54. The van der Waals surface area contributed by atoms with Gasteiger partial charge in [0, 0.05) is 10.2 Å². The van der Waals surface area contributed by atoms with Gasteiger partial charge in [-0.25, -0.2) is 4.39 Å². The van der Waals surface area contributed by atoms with E-state index in [1.54, 1.807) is 12.1 Å². The summed E-state index contributed by atoms with van der Waals surface area (Å²) >= 11 is 3.19. The average molecular weight is 351 g/mol. The number of rotatable bonds is 5. The highest BCUT2D eigenvalue weighted by atomic mass is 79.9. The van der Waals surface area contributed by atoms with Gasteiger partial charge in [-0.1, -0.05) is 41.1 Å². The SMILES string of the molecule is CCc1ccccc1NC(=O)CNc1ccc(Br)cc1F. The van der Waals surface area contributed by atoms with E-state index in [1.807, 2.05) is 31.2 Å². The van der Waals surface area contributed by atoms with Crippen LogP contribution in [0, 0.1) is 5.82 Å². The molecule has 21 heavy (non-hydrogen) atoms. The largest absolute Gasteiger partial charge is 0.374 e. The zero-order valence-electron chi connectivity index (χ0n) is 11.6. The summed E-state index contributed by atoms with van der Waals surface area (Å²) in [5, 5.41) is 5.62. The number of para-hydroxylation sites is 1. The number of hydrogen-bond acceptors (Lipinski definition) is 2. The van der Waals surface area contributed by atoms with E-state index in [0.29, 0.717) is 10.2 Å². The zero-order valence-corrected chi connectivity index (χ0v) is 13.2. The Bertz CT molecular complexity index is 646. The summed E-state index contributed by atoms with van der Waals surface area (Å²) in [4.78, 5) is 11.9. The van der Waals surface area contributed by atoms with Crippen LogP contribution >= 0.6 is 15.9 Å². The second-order valence-electron chi connectivity index (χ2n) is 4.54. The van der Waals surface area contributed by atoms with Crippen molar-refractivity contribution in [3.63, 3.8) is 0 Å². The van der Waals surface area contributed by atoms with Crippen molar-refractivity contribution in [2.45, 2.75) is 13.3 Å². The Morgan fingerprint density at radius 1 is 1.19 bits per heavy atom. The molecular weight excluding hydrogens is 335 g/mol. The van der Waals surface area contributed by atoms with Gasteiger partial charge in [-0.15, -0.1) is 0 Å². The Hall–Kier alpha value is -1.88. The maximum absolute atomic E-state index is 13.6. The normalized spacial score (nSPS) is 10.2. The number of amides is 1. The van der Waals surface area contributed by atoms with E-state index in [2.05, 4.69) is 26.6 Å². The minimum atomic E-state index is -0.397. The molecule has 0 aliphatic heterocycles. The molecule has 0 aliphatic carbocycles. The summed E-state index contributed by atoms with van der Waals surface area (Å²) in [6.45, 7) is 2.04. The maximum atomic E-state index is 13.6.